The molecule has 0 saturated heterocycles. The summed E-state index contributed by atoms with van der Waals surface area (Å²) in [6, 6.07) is 1.78. The quantitative estimate of drug-likeness (QED) is 0.853. The van der Waals surface area contributed by atoms with Gasteiger partial charge in [0.2, 0.25) is 5.88 Å². The van der Waals surface area contributed by atoms with Crippen LogP contribution in [0.1, 0.15) is 38.5 Å². The van der Waals surface area contributed by atoms with Crippen LogP contribution in [0.2, 0.25) is 5.02 Å². The first kappa shape index (κ1) is 14.1. The first-order valence-electron chi connectivity index (χ1n) is 6.32. The minimum Gasteiger partial charge on any atom is -0.475 e. The summed E-state index contributed by atoms with van der Waals surface area (Å²) >= 11 is 9.23. The molecular formula is C13H18BrClN2O. The summed E-state index contributed by atoms with van der Waals surface area (Å²) in [6.45, 7) is 0.514. The molecule has 1 heterocycles. The number of aromatic nitrogens is 1. The Labute approximate surface area is 121 Å². The van der Waals surface area contributed by atoms with E-state index >= 15 is 0 Å². The smallest absolute Gasteiger partial charge is 0.228 e. The largest absolute Gasteiger partial charge is 0.475 e. The zero-order chi connectivity index (χ0) is 13.0. The predicted octanol–water partition coefficient (Wildman–Crippen LogP) is 3.93. The summed E-state index contributed by atoms with van der Waals surface area (Å²) < 4.78 is 6.52. The summed E-state index contributed by atoms with van der Waals surface area (Å²) in [7, 11) is 0. The van der Waals surface area contributed by atoms with Crippen molar-refractivity contribution in [3.8, 4) is 5.88 Å². The zero-order valence-electron chi connectivity index (χ0n) is 10.3. The Balaban J connectivity index is 1.97. The minimum absolute atomic E-state index is 0.211. The molecule has 0 amide bonds. The van der Waals surface area contributed by atoms with Crippen LogP contribution in [0.25, 0.3) is 0 Å². The van der Waals surface area contributed by atoms with Crippen molar-refractivity contribution < 1.29 is 4.74 Å². The monoisotopic (exact) mass is 332 g/mol. The molecule has 5 heteroatoms. The third-order valence-electron chi connectivity index (χ3n) is 3.37. The molecule has 1 aliphatic rings. The number of hydrogen-bond acceptors (Lipinski definition) is 3. The number of nitrogens with zero attached hydrogens (tertiary/aromatic N) is 1. The fourth-order valence-corrected chi connectivity index (χ4v) is 3.05. The molecular weight excluding hydrogens is 316 g/mol. The number of pyridine rings is 1. The molecule has 1 aromatic rings. The van der Waals surface area contributed by atoms with Crippen molar-refractivity contribution in [2.75, 3.05) is 6.61 Å². The second-order valence-electron chi connectivity index (χ2n) is 5.01. The van der Waals surface area contributed by atoms with Gasteiger partial charge in [-0.1, -0.05) is 37.3 Å². The van der Waals surface area contributed by atoms with Crippen molar-refractivity contribution in [1.82, 2.24) is 4.98 Å². The van der Waals surface area contributed by atoms with Crippen LogP contribution in [0.4, 0.5) is 0 Å². The third-order valence-corrected chi connectivity index (χ3v) is 4.14. The van der Waals surface area contributed by atoms with Crippen LogP contribution in [0.5, 0.6) is 5.88 Å². The second kappa shape index (κ2) is 6.22. The van der Waals surface area contributed by atoms with Crippen LogP contribution in [0.3, 0.4) is 0 Å². The molecule has 1 saturated carbocycles. The fourth-order valence-electron chi connectivity index (χ4n) is 2.30. The molecule has 0 radical (unpaired) electrons. The molecule has 0 bridgehead atoms. The number of hydrogen-bond donors (Lipinski definition) is 1. The maximum absolute atomic E-state index is 6.39. The predicted molar refractivity (Wildman–Crippen MR) is 77.1 cm³/mol. The van der Waals surface area contributed by atoms with Gasteiger partial charge in [-0.25, -0.2) is 4.98 Å². The molecule has 0 atom stereocenters. The summed E-state index contributed by atoms with van der Waals surface area (Å²) in [5.74, 6) is 0.563. The molecule has 0 aliphatic heterocycles. The van der Waals surface area contributed by atoms with E-state index in [0.29, 0.717) is 17.5 Å². The summed E-state index contributed by atoms with van der Waals surface area (Å²) in [5.41, 5.74) is 6.18. The van der Waals surface area contributed by atoms with Gasteiger partial charge >= 0.3 is 0 Å². The van der Waals surface area contributed by atoms with Gasteiger partial charge in [-0.2, -0.15) is 0 Å². The van der Waals surface area contributed by atoms with Gasteiger partial charge in [0.05, 0.1) is 15.0 Å². The van der Waals surface area contributed by atoms with E-state index in [1.807, 2.05) is 0 Å². The Morgan fingerprint density at radius 2 is 2.00 bits per heavy atom. The molecule has 1 aliphatic carbocycles. The van der Waals surface area contributed by atoms with Gasteiger partial charge in [-0.3, -0.25) is 0 Å². The Bertz CT molecular complexity index is 406. The highest BCUT2D eigenvalue weighted by atomic mass is 79.9. The lowest BCUT2D eigenvalue weighted by atomic mass is 9.93. The normalized spacial score (nSPS) is 19.3. The average Bonchev–Trinajstić information content (AvgIpc) is 2.54. The van der Waals surface area contributed by atoms with Crippen LogP contribution in [0, 0.1) is 0 Å². The lowest BCUT2D eigenvalue weighted by Crippen LogP contribution is -2.45. The Morgan fingerprint density at radius 3 is 2.61 bits per heavy atom. The van der Waals surface area contributed by atoms with E-state index in [2.05, 4.69) is 20.9 Å². The molecule has 0 spiro atoms. The number of ether oxygens (including phenoxy) is 1. The lowest BCUT2D eigenvalue weighted by molar-refractivity contribution is 0.192. The molecule has 1 aromatic heterocycles. The topological polar surface area (TPSA) is 48.1 Å². The van der Waals surface area contributed by atoms with Crippen LogP contribution in [-0.2, 0) is 0 Å². The van der Waals surface area contributed by atoms with Crippen molar-refractivity contribution in [2.24, 2.45) is 5.73 Å². The standard InChI is InChI=1S/C13H18BrClN2O/c14-11-7-10(15)8-17-12(11)18-9-13(16)5-3-1-2-4-6-13/h7-8H,1-6,9,16H2. The zero-order valence-corrected chi connectivity index (χ0v) is 12.6. The van der Waals surface area contributed by atoms with Crippen molar-refractivity contribution in [2.45, 2.75) is 44.1 Å². The van der Waals surface area contributed by atoms with Crippen LogP contribution in [-0.4, -0.2) is 17.1 Å². The van der Waals surface area contributed by atoms with Gasteiger partial charge < -0.3 is 10.5 Å². The van der Waals surface area contributed by atoms with E-state index in [0.717, 1.165) is 17.3 Å². The molecule has 18 heavy (non-hydrogen) atoms. The molecule has 3 nitrogen and oxygen atoms in total. The molecule has 2 rings (SSSR count). The van der Waals surface area contributed by atoms with Gasteiger partial charge in [-0.05, 0) is 34.8 Å². The molecule has 2 N–H and O–H groups in total. The van der Waals surface area contributed by atoms with Crippen LogP contribution >= 0.6 is 27.5 Å². The van der Waals surface area contributed by atoms with E-state index in [9.17, 15) is 0 Å². The Hall–Kier alpha value is -0.320. The summed E-state index contributed by atoms with van der Waals surface area (Å²) in [6.07, 6.45) is 8.57. The lowest BCUT2D eigenvalue weighted by Gasteiger charge is -2.27. The highest BCUT2D eigenvalue weighted by Gasteiger charge is 2.27. The minimum atomic E-state index is -0.211. The van der Waals surface area contributed by atoms with E-state index in [-0.39, 0.29) is 5.54 Å². The van der Waals surface area contributed by atoms with E-state index in [4.69, 9.17) is 22.1 Å². The van der Waals surface area contributed by atoms with E-state index in [1.54, 1.807) is 12.3 Å². The highest BCUT2D eigenvalue weighted by Crippen LogP contribution is 2.29. The van der Waals surface area contributed by atoms with Crippen molar-refractivity contribution in [3.63, 3.8) is 0 Å². The van der Waals surface area contributed by atoms with Gasteiger partial charge in [0.1, 0.15) is 6.61 Å². The second-order valence-corrected chi connectivity index (χ2v) is 6.30. The van der Waals surface area contributed by atoms with Crippen molar-refractivity contribution >= 4 is 27.5 Å². The van der Waals surface area contributed by atoms with Gasteiger partial charge in [-0.15, -0.1) is 0 Å². The SMILES string of the molecule is NC1(COc2ncc(Cl)cc2Br)CCCCCC1. The van der Waals surface area contributed by atoms with Gasteiger partial charge in [0.25, 0.3) is 0 Å². The van der Waals surface area contributed by atoms with Crippen molar-refractivity contribution in [1.29, 1.82) is 0 Å². The van der Waals surface area contributed by atoms with Gasteiger partial charge in [0.15, 0.2) is 0 Å². The maximum Gasteiger partial charge on any atom is 0.228 e. The highest BCUT2D eigenvalue weighted by molar-refractivity contribution is 9.10. The fraction of sp³-hybridized carbons (Fsp3) is 0.615. The number of rotatable bonds is 3. The van der Waals surface area contributed by atoms with Crippen LogP contribution < -0.4 is 10.5 Å². The third kappa shape index (κ3) is 3.84. The van der Waals surface area contributed by atoms with E-state index < -0.39 is 0 Å². The number of nitrogens with two attached hydrogens (primary N) is 1. The first-order chi connectivity index (χ1) is 8.59. The summed E-state index contributed by atoms with van der Waals surface area (Å²) in [4.78, 5) is 4.16. The van der Waals surface area contributed by atoms with Crippen molar-refractivity contribution in [3.05, 3.63) is 21.8 Å². The average molecular weight is 334 g/mol. The number of halogens is 2. The molecule has 0 unspecified atom stereocenters. The van der Waals surface area contributed by atoms with Crippen LogP contribution in [0.15, 0.2) is 16.7 Å². The summed E-state index contributed by atoms with van der Waals surface area (Å²) in [5, 5.41) is 0.589. The van der Waals surface area contributed by atoms with E-state index in [1.165, 1.54) is 25.7 Å². The first-order valence-corrected chi connectivity index (χ1v) is 7.49. The molecule has 1 fully saturated rings. The Morgan fingerprint density at radius 1 is 1.33 bits per heavy atom. The maximum atomic E-state index is 6.39. The molecule has 100 valence electrons. The van der Waals surface area contributed by atoms with Gasteiger partial charge in [0, 0.05) is 6.20 Å². The Kier molecular flexibility index (Phi) is 4.87. The molecule has 0 aromatic carbocycles.